The van der Waals surface area contributed by atoms with Gasteiger partial charge in [0, 0.05) is 17.1 Å². The molecule has 1 amide bonds. The second-order valence-electron chi connectivity index (χ2n) is 7.05. The molecular formula is C20H17F2N5O. The van der Waals surface area contributed by atoms with Gasteiger partial charge in [0.25, 0.3) is 0 Å². The maximum atomic E-state index is 14.6. The van der Waals surface area contributed by atoms with Gasteiger partial charge >= 0.3 is 0 Å². The van der Waals surface area contributed by atoms with Crippen LogP contribution in [-0.2, 0) is 11.2 Å². The molecule has 1 saturated carbocycles. The lowest BCUT2D eigenvalue weighted by atomic mass is 9.95. The van der Waals surface area contributed by atoms with E-state index in [4.69, 9.17) is 0 Å². The number of fused-ring (bicyclic) bond motifs is 2. The molecule has 0 unspecified atom stereocenters. The fourth-order valence-corrected chi connectivity index (χ4v) is 3.63. The number of H-pyrrole nitrogens is 1. The van der Waals surface area contributed by atoms with Gasteiger partial charge in [-0.15, -0.1) is 0 Å². The Balaban J connectivity index is 1.58. The van der Waals surface area contributed by atoms with Crippen LogP contribution in [0.15, 0.2) is 36.8 Å². The zero-order valence-electron chi connectivity index (χ0n) is 15.0. The normalized spacial score (nSPS) is 18.7. The fraction of sp³-hybridized carbons (Fsp3) is 0.250. The summed E-state index contributed by atoms with van der Waals surface area (Å²) in [4.78, 5) is 16.3. The quantitative estimate of drug-likeness (QED) is 0.563. The first kappa shape index (κ1) is 16.9. The number of pyridine rings is 1. The number of amides is 1. The van der Waals surface area contributed by atoms with Gasteiger partial charge in [-0.25, -0.2) is 13.8 Å². The van der Waals surface area contributed by atoms with Crippen LogP contribution in [0.1, 0.15) is 18.9 Å². The number of benzene rings is 1. The Hall–Kier alpha value is -3.29. The smallest absolute Gasteiger partial charge is 0.231 e. The van der Waals surface area contributed by atoms with Gasteiger partial charge in [-0.1, -0.05) is 6.92 Å². The van der Waals surface area contributed by atoms with E-state index < -0.39 is 12.1 Å². The Morgan fingerprint density at radius 2 is 2.21 bits per heavy atom. The minimum Gasteiger partial charge on any atom is -0.309 e. The van der Waals surface area contributed by atoms with Gasteiger partial charge in [0.15, 0.2) is 5.82 Å². The van der Waals surface area contributed by atoms with Crippen LogP contribution in [0.4, 0.5) is 14.6 Å². The number of hydrogen-bond acceptors (Lipinski definition) is 3. The maximum absolute atomic E-state index is 14.6. The van der Waals surface area contributed by atoms with Crippen molar-refractivity contribution >= 4 is 28.3 Å². The van der Waals surface area contributed by atoms with Crippen LogP contribution in [-0.4, -0.2) is 31.7 Å². The molecule has 0 aliphatic heterocycles. The number of alkyl halides is 1. The summed E-state index contributed by atoms with van der Waals surface area (Å²) in [6.07, 6.45) is 4.95. The number of hydrogen-bond donors (Lipinski definition) is 2. The molecule has 1 fully saturated rings. The van der Waals surface area contributed by atoms with Gasteiger partial charge in [-0.05, 0) is 42.2 Å². The monoisotopic (exact) mass is 381 g/mol. The van der Waals surface area contributed by atoms with Crippen molar-refractivity contribution in [2.75, 3.05) is 5.32 Å². The summed E-state index contributed by atoms with van der Waals surface area (Å²) < 4.78 is 29.4. The van der Waals surface area contributed by atoms with E-state index in [0.717, 1.165) is 16.5 Å². The first-order valence-electron chi connectivity index (χ1n) is 9.13. The minimum absolute atomic E-state index is 0.267. The van der Waals surface area contributed by atoms with Crippen molar-refractivity contribution in [3.63, 3.8) is 0 Å². The van der Waals surface area contributed by atoms with E-state index in [2.05, 4.69) is 20.5 Å². The molecule has 0 radical (unpaired) electrons. The van der Waals surface area contributed by atoms with Crippen molar-refractivity contribution in [1.29, 1.82) is 0 Å². The Morgan fingerprint density at radius 1 is 1.39 bits per heavy atom. The molecule has 8 heteroatoms. The van der Waals surface area contributed by atoms with E-state index in [1.807, 2.05) is 19.2 Å². The summed E-state index contributed by atoms with van der Waals surface area (Å²) in [7, 11) is 0. The molecule has 4 aromatic rings. The average molecular weight is 381 g/mol. The van der Waals surface area contributed by atoms with E-state index in [1.165, 1.54) is 6.07 Å². The first-order chi connectivity index (χ1) is 13.5. The zero-order chi connectivity index (χ0) is 19.4. The molecule has 1 aromatic carbocycles. The van der Waals surface area contributed by atoms with Gasteiger partial charge in [0.05, 0.1) is 23.8 Å². The van der Waals surface area contributed by atoms with Gasteiger partial charge in [0.1, 0.15) is 17.6 Å². The van der Waals surface area contributed by atoms with Crippen molar-refractivity contribution in [3.05, 3.63) is 48.2 Å². The molecule has 28 heavy (non-hydrogen) atoms. The number of rotatable bonds is 4. The third-order valence-electron chi connectivity index (χ3n) is 5.19. The number of nitrogens with zero attached hydrogens (tertiary/aromatic N) is 3. The van der Waals surface area contributed by atoms with Crippen molar-refractivity contribution in [2.24, 2.45) is 5.92 Å². The predicted octanol–water partition coefficient (Wildman–Crippen LogP) is 3.88. The third-order valence-corrected chi connectivity index (χ3v) is 5.19. The summed E-state index contributed by atoms with van der Waals surface area (Å²) in [5.74, 6) is -0.841. The highest BCUT2D eigenvalue weighted by Gasteiger charge is 2.43. The van der Waals surface area contributed by atoms with E-state index >= 15 is 0 Å². The molecule has 2 atom stereocenters. The lowest BCUT2D eigenvalue weighted by Gasteiger charge is -2.11. The van der Waals surface area contributed by atoms with E-state index in [0.29, 0.717) is 29.0 Å². The molecule has 0 bridgehead atoms. The van der Waals surface area contributed by atoms with Gasteiger partial charge < -0.3 is 9.72 Å². The maximum Gasteiger partial charge on any atom is 0.231 e. The van der Waals surface area contributed by atoms with E-state index in [9.17, 15) is 13.6 Å². The van der Waals surface area contributed by atoms with Crippen molar-refractivity contribution in [1.82, 2.24) is 19.6 Å². The molecule has 0 spiro atoms. The van der Waals surface area contributed by atoms with Crippen LogP contribution in [0.3, 0.4) is 0 Å². The topological polar surface area (TPSA) is 75.1 Å². The number of nitrogens with one attached hydrogen (secondary N) is 2. The average Bonchev–Trinajstić information content (AvgIpc) is 3.05. The highest BCUT2D eigenvalue weighted by Crippen LogP contribution is 2.35. The van der Waals surface area contributed by atoms with Gasteiger partial charge in [-0.3, -0.25) is 9.89 Å². The van der Waals surface area contributed by atoms with Crippen molar-refractivity contribution in [3.8, 4) is 11.1 Å². The predicted molar refractivity (Wildman–Crippen MR) is 101 cm³/mol. The number of aromatic nitrogens is 4. The zero-order valence-corrected chi connectivity index (χ0v) is 15.0. The Bertz CT molecular complexity index is 1230. The number of anilines is 1. The molecule has 3 aromatic heterocycles. The highest BCUT2D eigenvalue weighted by molar-refractivity contribution is 5.97. The molecule has 142 valence electrons. The SMILES string of the molecule is CCc1c(F)cc2[nH]ncc2c1-c1ccc2nc(NC(=O)[C@@H]3C[C@@H]3F)cn2c1. The molecule has 1 aliphatic rings. The Labute approximate surface area is 158 Å². The van der Waals surface area contributed by atoms with Gasteiger partial charge in [0.2, 0.25) is 5.91 Å². The summed E-state index contributed by atoms with van der Waals surface area (Å²) in [6, 6.07) is 5.13. The second kappa shape index (κ2) is 6.12. The summed E-state index contributed by atoms with van der Waals surface area (Å²) in [6.45, 7) is 1.91. The van der Waals surface area contributed by atoms with Crippen LogP contribution < -0.4 is 5.32 Å². The number of halogens is 2. The van der Waals surface area contributed by atoms with Crippen molar-refractivity contribution < 1.29 is 13.6 Å². The Morgan fingerprint density at radius 3 is 2.96 bits per heavy atom. The first-order valence-corrected chi connectivity index (χ1v) is 9.13. The lowest BCUT2D eigenvalue weighted by Crippen LogP contribution is -2.15. The molecule has 1 aliphatic carbocycles. The number of imidazole rings is 1. The van der Waals surface area contributed by atoms with Crippen molar-refractivity contribution in [2.45, 2.75) is 25.9 Å². The van der Waals surface area contributed by atoms with Gasteiger partial charge in [-0.2, -0.15) is 5.10 Å². The molecule has 2 N–H and O–H groups in total. The standard InChI is InChI=1S/C20H17F2N5O/c1-2-11-15(22)6-16-13(7-23-26-16)19(11)10-3-4-18-24-17(9-27(18)8-10)25-20(28)12-5-14(12)21/h3-4,6-9,12,14H,2,5H2,1H3,(H,23,26)(H,25,28)/t12-,14+/m1/s1. The van der Waals surface area contributed by atoms with E-state index in [-0.39, 0.29) is 18.1 Å². The number of aromatic amines is 1. The van der Waals surface area contributed by atoms with E-state index in [1.54, 1.807) is 22.9 Å². The van der Waals surface area contributed by atoms with Crippen LogP contribution >= 0.6 is 0 Å². The second-order valence-corrected chi connectivity index (χ2v) is 7.05. The largest absolute Gasteiger partial charge is 0.309 e. The highest BCUT2D eigenvalue weighted by atomic mass is 19.1. The summed E-state index contributed by atoms with van der Waals surface area (Å²) >= 11 is 0. The van der Waals surface area contributed by atoms with Crippen LogP contribution in [0.5, 0.6) is 0 Å². The Kier molecular flexibility index (Phi) is 3.68. The molecule has 0 saturated heterocycles. The minimum atomic E-state index is -1.05. The third kappa shape index (κ3) is 2.64. The number of carbonyl (C=O) groups is 1. The summed E-state index contributed by atoms with van der Waals surface area (Å²) in [5.41, 5.74) is 3.48. The number of carbonyl (C=O) groups excluding carboxylic acids is 1. The summed E-state index contributed by atoms with van der Waals surface area (Å²) in [5, 5.41) is 10.4. The lowest BCUT2D eigenvalue weighted by molar-refractivity contribution is -0.117. The van der Waals surface area contributed by atoms with Crippen LogP contribution in [0.25, 0.3) is 27.7 Å². The van der Waals surface area contributed by atoms with Crippen LogP contribution in [0.2, 0.25) is 0 Å². The molecule has 6 nitrogen and oxygen atoms in total. The molecule has 5 rings (SSSR count). The molecular weight excluding hydrogens is 364 g/mol. The van der Waals surface area contributed by atoms with Crippen LogP contribution in [0, 0.1) is 11.7 Å². The fourth-order valence-electron chi connectivity index (χ4n) is 3.63. The molecule has 3 heterocycles.